The van der Waals surface area contributed by atoms with Gasteiger partial charge in [-0.15, -0.1) is 0 Å². The van der Waals surface area contributed by atoms with E-state index in [9.17, 15) is 0 Å². The predicted octanol–water partition coefficient (Wildman–Crippen LogP) is 9.41. The molecule has 0 amide bonds. The lowest BCUT2D eigenvalue weighted by Gasteiger charge is -2.36. The molecule has 0 bridgehead atoms. The minimum atomic E-state index is -0.812. The number of morpholine rings is 2. The van der Waals surface area contributed by atoms with E-state index in [2.05, 4.69) is 134 Å². The van der Waals surface area contributed by atoms with Crippen LogP contribution in [0.1, 0.15) is 61.2 Å². The van der Waals surface area contributed by atoms with Crippen LogP contribution in [0.2, 0.25) is 0 Å². The van der Waals surface area contributed by atoms with E-state index >= 15 is 0 Å². The predicted molar refractivity (Wildman–Crippen MR) is 271 cm³/mol. The molecular weight excluding hydrogens is 863 g/mol. The number of ether oxygens (including phenoxy) is 4. The maximum absolute atomic E-state index is 6.15. The molecule has 8 heterocycles. The first-order valence-electron chi connectivity index (χ1n) is 23.9. The summed E-state index contributed by atoms with van der Waals surface area (Å²) in [6, 6.07) is 44.1. The third kappa shape index (κ3) is 9.52. The molecule has 2 fully saturated rings. The number of benzene rings is 3. The van der Waals surface area contributed by atoms with Crippen molar-refractivity contribution in [3.63, 3.8) is 0 Å². The number of nitrogens with zero attached hydrogens (tertiary/aromatic N) is 9. The maximum atomic E-state index is 6.15. The monoisotopic (exact) mass is 919 g/mol. The molecule has 350 valence electrons. The van der Waals surface area contributed by atoms with Gasteiger partial charge >= 0.3 is 0 Å². The van der Waals surface area contributed by atoms with Crippen LogP contribution >= 0.6 is 0 Å². The van der Waals surface area contributed by atoms with Crippen LogP contribution in [0.15, 0.2) is 157 Å². The molecule has 3 aliphatic rings. The maximum Gasteiger partial charge on any atom is 0.160 e. The quantitative estimate of drug-likeness (QED) is 0.109. The molecule has 11 rings (SSSR count). The van der Waals surface area contributed by atoms with Crippen molar-refractivity contribution in [1.82, 2.24) is 29.7 Å². The van der Waals surface area contributed by atoms with Crippen molar-refractivity contribution in [2.45, 2.75) is 52.0 Å². The summed E-state index contributed by atoms with van der Waals surface area (Å²) in [6.45, 7) is 14.9. The average molecular weight is 920 g/mol. The van der Waals surface area contributed by atoms with E-state index in [1.54, 1.807) is 6.20 Å². The summed E-state index contributed by atoms with van der Waals surface area (Å²) in [5, 5.41) is 6.41. The Labute approximate surface area is 403 Å². The molecule has 13 heteroatoms. The van der Waals surface area contributed by atoms with Crippen LogP contribution in [-0.4, -0.2) is 100 Å². The molecule has 0 atom stereocenters. The van der Waals surface area contributed by atoms with Crippen LogP contribution < -0.4 is 19.3 Å². The highest BCUT2D eigenvalue weighted by molar-refractivity contribution is 6.15. The minimum absolute atomic E-state index is 0.0126. The van der Waals surface area contributed by atoms with Gasteiger partial charge in [0.05, 0.1) is 74.4 Å². The van der Waals surface area contributed by atoms with Gasteiger partial charge in [0.1, 0.15) is 34.4 Å². The number of hydrogen-bond donors (Lipinski definition) is 0. The Balaban J connectivity index is 0.000000187. The average Bonchev–Trinajstić information content (AvgIpc) is 4.00. The first-order valence-corrected chi connectivity index (χ1v) is 23.9. The van der Waals surface area contributed by atoms with E-state index in [1.165, 1.54) is 0 Å². The molecule has 2 saturated heterocycles. The summed E-state index contributed by atoms with van der Waals surface area (Å²) in [5.74, 6) is 3.38. The molecule has 0 aliphatic carbocycles. The number of aliphatic imine (C=N–C) groups is 1. The van der Waals surface area contributed by atoms with Crippen molar-refractivity contribution in [3.8, 4) is 22.8 Å². The molecule has 0 spiro atoms. The van der Waals surface area contributed by atoms with Crippen LogP contribution in [0, 0.1) is 0 Å². The van der Waals surface area contributed by atoms with Crippen LogP contribution in [0.25, 0.3) is 22.3 Å². The third-order valence-corrected chi connectivity index (χ3v) is 12.4. The number of hydrogen-bond acceptors (Lipinski definition) is 12. The second kappa shape index (κ2) is 20.4. The summed E-state index contributed by atoms with van der Waals surface area (Å²) >= 11 is 0. The Morgan fingerprint density at radius 2 is 1.04 bits per heavy atom. The van der Waals surface area contributed by atoms with Gasteiger partial charge in [-0.25, -0.2) is 19.6 Å². The molecule has 8 aromatic rings. The first kappa shape index (κ1) is 45.3. The molecule has 5 aromatic heterocycles. The zero-order chi connectivity index (χ0) is 47.2. The molecule has 0 unspecified atom stereocenters. The van der Waals surface area contributed by atoms with E-state index in [0.717, 1.165) is 118 Å². The van der Waals surface area contributed by atoms with Gasteiger partial charge in [-0.05, 0) is 80.8 Å². The Morgan fingerprint density at radius 1 is 0.551 bits per heavy atom. The molecule has 13 nitrogen and oxygen atoms in total. The number of anilines is 2. The number of aromatic nitrogens is 6. The molecule has 3 aromatic carbocycles. The fourth-order valence-electron chi connectivity index (χ4n) is 9.36. The molecule has 0 radical (unpaired) electrons. The second-order valence-electron chi connectivity index (χ2n) is 17.8. The van der Waals surface area contributed by atoms with Gasteiger partial charge in [0, 0.05) is 55.3 Å². The number of fused-ring (bicyclic) bond motifs is 2. The van der Waals surface area contributed by atoms with Crippen molar-refractivity contribution >= 4 is 28.4 Å². The summed E-state index contributed by atoms with van der Waals surface area (Å²) in [4.78, 5) is 28.0. The van der Waals surface area contributed by atoms with E-state index in [1.807, 2.05) is 64.5 Å². The third-order valence-electron chi connectivity index (χ3n) is 12.4. The van der Waals surface area contributed by atoms with Gasteiger partial charge in [0.25, 0.3) is 0 Å². The summed E-state index contributed by atoms with van der Waals surface area (Å²) in [6.07, 6.45) is 7.44. The van der Waals surface area contributed by atoms with Crippen molar-refractivity contribution in [2.75, 3.05) is 62.4 Å². The Morgan fingerprint density at radius 3 is 1.58 bits per heavy atom. The Hall–Kier alpha value is -7.48. The lowest BCUT2D eigenvalue weighted by Crippen LogP contribution is -2.38. The lowest BCUT2D eigenvalue weighted by molar-refractivity contribution is 0.122. The summed E-state index contributed by atoms with van der Waals surface area (Å²) in [5.41, 5.74) is 9.08. The largest absolute Gasteiger partial charge is 0.489 e. The fraction of sp³-hybridized carbons (Fsp3) is 0.286. The smallest absolute Gasteiger partial charge is 0.160 e. The highest BCUT2D eigenvalue weighted by atomic mass is 16.5. The molecule has 0 N–H and O–H groups in total. The van der Waals surface area contributed by atoms with E-state index < -0.39 is 5.54 Å². The van der Waals surface area contributed by atoms with Crippen molar-refractivity contribution in [2.24, 2.45) is 4.99 Å². The van der Waals surface area contributed by atoms with Crippen molar-refractivity contribution in [1.29, 1.82) is 0 Å². The van der Waals surface area contributed by atoms with Gasteiger partial charge in [-0.2, -0.15) is 5.10 Å². The number of pyridine rings is 4. The van der Waals surface area contributed by atoms with Gasteiger partial charge in [-0.3, -0.25) is 9.98 Å². The number of rotatable bonds is 12. The van der Waals surface area contributed by atoms with E-state index in [4.69, 9.17) is 39.0 Å². The van der Waals surface area contributed by atoms with Crippen LogP contribution in [0.5, 0.6) is 11.5 Å². The van der Waals surface area contributed by atoms with Gasteiger partial charge < -0.3 is 28.7 Å². The zero-order valence-electron chi connectivity index (χ0n) is 39.6. The highest BCUT2D eigenvalue weighted by Gasteiger charge is 2.41. The molecule has 0 saturated carbocycles. The standard InChI is InChI=1S/C37H35N5O2.C19H22N4O2/c1-27(2)44-32-25-33-35(28-18-19-38-34(24-28)41-20-22-43-23-21-41)40-42(36(33)39-26-32)37(29-12-6-3-7-13-29,30-14-8-4-9-15-30)31-16-10-5-11-17-31;1-13(2)25-15-10-16-17(21-11-15)12-22-19(16)14-3-4-20-18(9-14)23-5-7-24-8-6-23/h3-19,24-27H,20-23H2,1-2H3;3-4,9-11,13H,5-8,12H2,1-2H3. The Kier molecular flexibility index (Phi) is 13.4. The van der Waals surface area contributed by atoms with Crippen LogP contribution in [0.3, 0.4) is 0 Å². The van der Waals surface area contributed by atoms with E-state index in [-0.39, 0.29) is 12.2 Å². The SMILES string of the molecule is CC(C)Oc1cnc2c(c1)C(c1ccnc(N3CCOCC3)c1)=NC2.CC(C)Oc1cnc2c(c1)c(-c1ccnc(N3CCOCC3)c1)nn2C(c1ccccc1)(c1ccccc1)c1ccccc1. The van der Waals surface area contributed by atoms with E-state index in [0.29, 0.717) is 25.5 Å². The fourth-order valence-corrected chi connectivity index (χ4v) is 9.36. The van der Waals surface area contributed by atoms with Crippen molar-refractivity contribution in [3.05, 3.63) is 186 Å². The van der Waals surface area contributed by atoms with Crippen LogP contribution in [-0.2, 0) is 21.6 Å². The first-order chi connectivity index (χ1) is 33.8. The lowest BCUT2D eigenvalue weighted by atomic mass is 9.77. The zero-order valence-corrected chi connectivity index (χ0v) is 39.6. The molecule has 3 aliphatic heterocycles. The normalized spacial score (nSPS) is 14.9. The topological polar surface area (TPSA) is 125 Å². The van der Waals surface area contributed by atoms with Crippen molar-refractivity contribution < 1.29 is 18.9 Å². The molecule has 69 heavy (non-hydrogen) atoms. The molecular formula is C56H57N9O4. The second-order valence-corrected chi connectivity index (χ2v) is 17.8. The Bertz CT molecular complexity index is 2930. The van der Waals surface area contributed by atoms with Gasteiger partial charge in [0.15, 0.2) is 5.65 Å². The highest BCUT2D eigenvalue weighted by Crippen LogP contribution is 2.44. The summed E-state index contributed by atoms with van der Waals surface area (Å²) in [7, 11) is 0. The summed E-state index contributed by atoms with van der Waals surface area (Å²) < 4.78 is 25.1. The van der Waals surface area contributed by atoms with Gasteiger partial charge in [-0.1, -0.05) is 91.0 Å². The van der Waals surface area contributed by atoms with Gasteiger partial charge in [0.2, 0.25) is 0 Å². The minimum Gasteiger partial charge on any atom is -0.489 e. The van der Waals surface area contributed by atoms with Crippen LogP contribution in [0.4, 0.5) is 11.6 Å².